The third-order valence-electron chi connectivity index (χ3n) is 3.41. The van der Waals surface area contributed by atoms with Crippen molar-refractivity contribution in [2.45, 2.75) is 64.5 Å². The van der Waals surface area contributed by atoms with Crippen molar-refractivity contribution < 1.29 is 47.5 Å². The molecular formula is C16H30NO10P. The number of ether oxygens (including phenoxy) is 2. The van der Waals surface area contributed by atoms with Crippen LogP contribution in [-0.2, 0) is 37.5 Å². The number of nitrogens with two attached hydrogens (primary N) is 1. The third-order valence-corrected chi connectivity index (χ3v) is 4.36. The zero-order valence-electron chi connectivity index (χ0n) is 16.2. The summed E-state index contributed by atoms with van der Waals surface area (Å²) in [6.07, 6.45) is 3.70. The maximum atomic E-state index is 11.9. The van der Waals surface area contributed by atoms with Crippen molar-refractivity contribution in [3.63, 3.8) is 0 Å². The van der Waals surface area contributed by atoms with Gasteiger partial charge in [0.1, 0.15) is 12.6 Å². The maximum absolute atomic E-state index is 11.9. The van der Waals surface area contributed by atoms with Gasteiger partial charge in [-0.05, 0) is 6.42 Å². The zero-order chi connectivity index (χ0) is 21.6. The fourth-order valence-electron chi connectivity index (χ4n) is 1.90. The van der Waals surface area contributed by atoms with Crippen molar-refractivity contribution in [2.24, 2.45) is 5.73 Å². The van der Waals surface area contributed by atoms with Gasteiger partial charge < -0.3 is 25.2 Å². The molecule has 0 aromatic rings. The molecule has 0 bridgehead atoms. The third kappa shape index (κ3) is 14.5. The molecule has 0 aliphatic rings. The Morgan fingerprint density at radius 2 is 1.64 bits per heavy atom. The first-order chi connectivity index (χ1) is 13.1. The van der Waals surface area contributed by atoms with Gasteiger partial charge in [0.25, 0.3) is 0 Å². The molecule has 28 heavy (non-hydrogen) atoms. The second kappa shape index (κ2) is 14.5. The second-order valence-corrected chi connectivity index (χ2v) is 7.54. The van der Waals surface area contributed by atoms with Crippen LogP contribution in [-0.4, -0.2) is 59.9 Å². The maximum Gasteiger partial charge on any atom is 0.472 e. The predicted molar refractivity (Wildman–Crippen MR) is 97.2 cm³/mol. The summed E-state index contributed by atoms with van der Waals surface area (Å²) in [6, 6.07) is -1.51. The van der Waals surface area contributed by atoms with Crippen LogP contribution in [0.1, 0.15) is 52.4 Å². The zero-order valence-corrected chi connectivity index (χ0v) is 17.1. The highest BCUT2D eigenvalue weighted by Crippen LogP contribution is 2.43. The lowest BCUT2D eigenvalue weighted by molar-refractivity contribution is -0.160. The van der Waals surface area contributed by atoms with Gasteiger partial charge in [-0.1, -0.05) is 32.6 Å². The summed E-state index contributed by atoms with van der Waals surface area (Å²) in [4.78, 5) is 42.9. The van der Waals surface area contributed by atoms with E-state index < -0.39 is 51.1 Å². The SMILES string of the molecule is CCCCCCCC(=O)O[C@H](COC(C)=O)COP(=O)(O)OC[C@H](N)C(=O)O. The smallest absolute Gasteiger partial charge is 0.472 e. The van der Waals surface area contributed by atoms with Crippen molar-refractivity contribution in [1.82, 2.24) is 0 Å². The summed E-state index contributed by atoms with van der Waals surface area (Å²) in [7, 11) is -4.64. The van der Waals surface area contributed by atoms with Gasteiger partial charge in [0.2, 0.25) is 0 Å². The average Bonchev–Trinajstić information content (AvgIpc) is 2.61. The quantitative estimate of drug-likeness (QED) is 0.184. The first kappa shape index (κ1) is 26.5. The summed E-state index contributed by atoms with van der Waals surface area (Å²) in [6.45, 7) is 1.51. The van der Waals surface area contributed by atoms with Gasteiger partial charge in [-0.25, -0.2) is 4.57 Å². The fourth-order valence-corrected chi connectivity index (χ4v) is 2.68. The predicted octanol–water partition coefficient (Wildman–Crippen LogP) is 1.37. The van der Waals surface area contributed by atoms with E-state index in [-0.39, 0.29) is 13.0 Å². The molecule has 0 saturated heterocycles. The van der Waals surface area contributed by atoms with Crippen molar-refractivity contribution >= 4 is 25.7 Å². The van der Waals surface area contributed by atoms with E-state index in [9.17, 15) is 23.8 Å². The molecule has 11 nitrogen and oxygen atoms in total. The van der Waals surface area contributed by atoms with Crippen LogP contribution in [0.15, 0.2) is 0 Å². The molecule has 0 aliphatic heterocycles. The van der Waals surface area contributed by atoms with E-state index in [1.807, 2.05) is 0 Å². The Labute approximate surface area is 164 Å². The summed E-state index contributed by atoms with van der Waals surface area (Å²) < 4.78 is 30.8. The minimum Gasteiger partial charge on any atom is -0.480 e. The first-order valence-corrected chi connectivity index (χ1v) is 10.5. The van der Waals surface area contributed by atoms with E-state index in [1.165, 1.54) is 0 Å². The number of phosphoric acid groups is 1. The minimum absolute atomic E-state index is 0.154. The van der Waals surface area contributed by atoms with Crippen LogP contribution in [0.2, 0.25) is 0 Å². The number of carbonyl (C=O) groups excluding carboxylic acids is 2. The molecule has 0 aliphatic carbocycles. The van der Waals surface area contributed by atoms with Crippen molar-refractivity contribution in [1.29, 1.82) is 0 Å². The number of carboxylic acid groups (broad SMARTS) is 1. The lowest BCUT2D eigenvalue weighted by Gasteiger charge is -2.20. The van der Waals surface area contributed by atoms with Gasteiger partial charge in [0, 0.05) is 13.3 Å². The van der Waals surface area contributed by atoms with E-state index in [2.05, 4.69) is 16.0 Å². The highest BCUT2D eigenvalue weighted by Gasteiger charge is 2.27. The molecule has 0 rings (SSSR count). The Balaban J connectivity index is 4.49. The van der Waals surface area contributed by atoms with E-state index in [0.29, 0.717) is 6.42 Å². The number of esters is 2. The molecule has 0 aromatic heterocycles. The van der Waals surface area contributed by atoms with Crippen LogP contribution >= 0.6 is 7.82 Å². The molecule has 0 amide bonds. The number of aliphatic carboxylic acids is 1. The van der Waals surface area contributed by atoms with Gasteiger partial charge in [-0.2, -0.15) is 0 Å². The van der Waals surface area contributed by atoms with Crippen LogP contribution in [0.3, 0.4) is 0 Å². The van der Waals surface area contributed by atoms with Gasteiger partial charge in [-0.15, -0.1) is 0 Å². The number of hydrogen-bond acceptors (Lipinski definition) is 9. The summed E-state index contributed by atoms with van der Waals surface area (Å²) >= 11 is 0. The van der Waals surface area contributed by atoms with Crippen molar-refractivity contribution in [3.8, 4) is 0 Å². The molecule has 0 aromatic carbocycles. The molecule has 4 N–H and O–H groups in total. The number of carbonyl (C=O) groups is 3. The lowest BCUT2D eigenvalue weighted by Crippen LogP contribution is -2.34. The van der Waals surface area contributed by atoms with Crippen LogP contribution < -0.4 is 5.73 Å². The van der Waals surface area contributed by atoms with Crippen LogP contribution in [0.5, 0.6) is 0 Å². The molecule has 0 fully saturated rings. The first-order valence-electron chi connectivity index (χ1n) is 9.00. The van der Waals surface area contributed by atoms with E-state index in [1.54, 1.807) is 0 Å². The topological polar surface area (TPSA) is 172 Å². The Morgan fingerprint density at radius 3 is 2.21 bits per heavy atom. The summed E-state index contributed by atoms with van der Waals surface area (Å²) in [5.74, 6) is -2.60. The number of unbranched alkanes of at least 4 members (excludes halogenated alkanes) is 4. The average molecular weight is 427 g/mol. The molecule has 1 unspecified atom stereocenters. The highest BCUT2D eigenvalue weighted by molar-refractivity contribution is 7.47. The van der Waals surface area contributed by atoms with E-state index >= 15 is 0 Å². The molecule has 0 heterocycles. The summed E-state index contributed by atoms with van der Waals surface area (Å²) in [5.41, 5.74) is 5.16. The van der Waals surface area contributed by atoms with Crippen molar-refractivity contribution in [2.75, 3.05) is 19.8 Å². The molecule has 164 valence electrons. The molecule has 0 spiro atoms. The van der Waals surface area contributed by atoms with Gasteiger partial charge >= 0.3 is 25.7 Å². The fraction of sp³-hybridized carbons (Fsp3) is 0.812. The van der Waals surface area contributed by atoms with Crippen LogP contribution in [0.4, 0.5) is 0 Å². The monoisotopic (exact) mass is 427 g/mol. The Bertz CT molecular complexity index is 542. The van der Waals surface area contributed by atoms with Crippen LogP contribution in [0.25, 0.3) is 0 Å². The molecule has 3 atom stereocenters. The largest absolute Gasteiger partial charge is 0.480 e. The van der Waals surface area contributed by atoms with E-state index in [4.69, 9.17) is 20.3 Å². The molecule has 12 heteroatoms. The Morgan fingerprint density at radius 1 is 1.04 bits per heavy atom. The van der Waals surface area contributed by atoms with Gasteiger partial charge in [-0.3, -0.25) is 23.4 Å². The molecule has 0 radical (unpaired) electrons. The normalized spacial score (nSPS) is 15.3. The minimum atomic E-state index is -4.64. The lowest BCUT2D eigenvalue weighted by atomic mass is 10.1. The molecular weight excluding hydrogens is 397 g/mol. The Hall–Kier alpha value is -1.52. The number of carboxylic acids is 1. The molecule has 0 saturated carbocycles. The standard InChI is InChI=1S/C16H30NO10P/c1-3-4-5-6-7-8-15(19)27-13(9-24-12(2)18)10-25-28(22,23)26-11-14(17)16(20)21/h13-14H,3-11,17H2,1-2H3,(H,20,21)(H,22,23)/t13-,14+/m1/s1. The number of hydrogen-bond donors (Lipinski definition) is 3. The highest BCUT2D eigenvalue weighted by atomic mass is 31.2. The number of phosphoric ester groups is 1. The second-order valence-electron chi connectivity index (χ2n) is 6.08. The van der Waals surface area contributed by atoms with Gasteiger partial charge in [0.05, 0.1) is 13.2 Å². The summed E-state index contributed by atoms with van der Waals surface area (Å²) in [5, 5.41) is 8.61. The van der Waals surface area contributed by atoms with Crippen LogP contribution in [0, 0.1) is 0 Å². The number of rotatable bonds is 16. The Kier molecular flexibility index (Phi) is 13.7. The van der Waals surface area contributed by atoms with Crippen molar-refractivity contribution in [3.05, 3.63) is 0 Å². The van der Waals surface area contributed by atoms with Gasteiger partial charge in [0.15, 0.2) is 6.10 Å². The van der Waals surface area contributed by atoms with E-state index in [0.717, 1.165) is 32.6 Å².